The number of carbonyl (C=O) groups excluding carboxylic acids is 1. The minimum Gasteiger partial charge on any atom is -0.395 e. The molecular weight excluding hydrogens is 254 g/mol. The van der Waals surface area contributed by atoms with Crippen LogP contribution in [0.3, 0.4) is 0 Å². The third-order valence-electron chi connectivity index (χ3n) is 2.51. The molecule has 1 rings (SSSR count). The topological polar surface area (TPSA) is 58.6 Å². The molecule has 4 nitrogen and oxygen atoms in total. The molecule has 0 bridgehead atoms. The SMILES string of the molecule is CCOCCC(=O)Nc1cc(C)cc(C#CCCO)c1. The fourth-order valence-corrected chi connectivity index (χ4v) is 1.68. The third kappa shape index (κ3) is 6.37. The van der Waals surface area contributed by atoms with Gasteiger partial charge in [-0.3, -0.25) is 4.79 Å². The van der Waals surface area contributed by atoms with E-state index >= 15 is 0 Å². The number of aryl methyl sites for hydroxylation is 1. The second kappa shape index (κ2) is 9.13. The first-order valence-electron chi connectivity index (χ1n) is 6.74. The van der Waals surface area contributed by atoms with E-state index < -0.39 is 0 Å². The Kier molecular flexibility index (Phi) is 7.41. The molecule has 0 saturated carbocycles. The van der Waals surface area contributed by atoms with Gasteiger partial charge in [-0.05, 0) is 37.6 Å². The largest absolute Gasteiger partial charge is 0.395 e. The summed E-state index contributed by atoms with van der Waals surface area (Å²) in [6.07, 6.45) is 0.789. The van der Waals surface area contributed by atoms with E-state index in [1.807, 2.05) is 32.0 Å². The van der Waals surface area contributed by atoms with Gasteiger partial charge in [0.25, 0.3) is 0 Å². The molecule has 0 fully saturated rings. The molecule has 0 aliphatic heterocycles. The van der Waals surface area contributed by atoms with E-state index in [0.29, 0.717) is 26.1 Å². The van der Waals surface area contributed by atoms with Gasteiger partial charge in [0.1, 0.15) is 0 Å². The van der Waals surface area contributed by atoms with Crippen LogP contribution in [0, 0.1) is 18.8 Å². The van der Waals surface area contributed by atoms with Crippen molar-refractivity contribution in [3.63, 3.8) is 0 Å². The van der Waals surface area contributed by atoms with Gasteiger partial charge in [-0.1, -0.05) is 11.8 Å². The Morgan fingerprint density at radius 3 is 2.90 bits per heavy atom. The summed E-state index contributed by atoms with van der Waals surface area (Å²) < 4.78 is 5.15. The van der Waals surface area contributed by atoms with E-state index in [-0.39, 0.29) is 12.5 Å². The Hall–Kier alpha value is -1.83. The van der Waals surface area contributed by atoms with Crippen LogP contribution in [0.4, 0.5) is 5.69 Å². The normalized spacial score (nSPS) is 9.75. The van der Waals surface area contributed by atoms with Crippen LogP contribution in [0.15, 0.2) is 18.2 Å². The minimum absolute atomic E-state index is 0.0554. The molecular formula is C16H21NO3. The summed E-state index contributed by atoms with van der Waals surface area (Å²) in [6.45, 7) is 4.95. The van der Waals surface area contributed by atoms with Crippen molar-refractivity contribution in [2.75, 3.05) is 25.1 Å². The summed E-state index contributed by atoms with van der Waals surface area (Å²) in [5.41, 5.74) is 2.60. The van der Waals surface area contributed by atoms with Crippen LogP contribution < -0.4 is 5.32 Å². The van der Waals surface area contributed by atoms with Crippen molar-refractivity contribution in [3.8, 4) is 11.8 Å². The molecule has 0 aliphatic carbocycles. The number of ether oxygens (including phenoxy) is 1. The van der Waals surface area contributed by atoms with E-state index in [1.54, 1.807) is 0 Å². The molecule has 0 heterocycles. The maximum Gasteiger partial charge on any atom is 0.226 e. The minimum atomic E-state index is -0.0710. The number of benzene rings is 1. The Morgan fingerprint density at radius 1 is 1.40 bits per heavy atom. The van der Waals surface area contributed by atoms with Crippen LogP contribution in [0.1, 0.15) is 30.9 Å². The van der Waals surface area contributed by atoms with Gasteiger partial charge < -0.3 is 15.2 Å². The lowest BCUT2D eigenvalue weighted by molar-refractivity contribution is -0.117. The first-order chi connectivity index (χ1) is 9.65. The highest BCUT2D eigenvalue weighted by molar-refractivity contribution is 5.91. The van der Waals surface area contributed by atoms with Gasteiger partial charge in [-0.2, -0.15) is 0 Å². The van der Waals surface area contributed by atoms with E-state index in [0.717, 1.165) is 16.8 Å². The van der Waals surface area contributed by atoms with Crippen LogP contribution in [0.25, 0.3) is 0 Å². The smallest absolute Gasteiger partial charge is 0.226 e. The van der Waals surface area contributed by atoms with Crippen molar-refractivity contribution in [3.05, 3.63) is 29.3 Å². The number of hydrogen-bond donors (Lipinski definition) is 2. The zero-order valence-electron chi connectivity index (χ0n) is 12.0. The molecule has 0 aliphatic rings. The fraction of sp³-hybridized carbons (Fsp3) is 0.438. The standard InChI is InChI=1S/C16H21NO3/c1-3-20-9-7-16(19)17-15-11-13(2)10-14(12-15)6-4-5-8-18/h10-12,18H,3,5,7-9H2,1-2H3,(H,17,19). The Morgan fingerprint density at radius 2 is 2.20 bits per heavy atom. The number of rotatable bonds is 6. The van der Waals surface area contributed by atoms with Crippen LogP contribution in [-0.4, -0.2) is 30.8 Å². The van der Waals surface area contributed by atoms with Crippen molar-refractivity contribution in [2.24, 2.45) is 0 Å². The average molecular weight is 275 g/mol. The van der Waals surface area contributed by atoms with Gasteiger partial charge >= 0.3 is 0 Å². The first kappa shape index (κ1) is 16.2. The zero-order valence-corrected chi connectivity index (χ0v) is 12.0. The molecule has 1 amide bonds. The van der Waals surface area contributed by atoms with Gasteiger partial charge in [0.2, 0.25) is 5.91 Å². The summed E-state index contributed by atoms with van der Waals surface area (Å²) in [6, 6.07) is 5.67. The summed E-state index contributed by atoms with van der Waals surface area (Å²) in [5, 5.41) is 11.5. The van der Waals surface area contributed by atoms with E-state index in [1.165, 1.54) is 0 Å². The summed E-state index contributed by atoms with van der Waals surface area (Å²) >= 11 is 0. The number of carbonyl (C=O) groups is 1. The van der Waals surface area contributed by atoms with Gasteiger partial charge in [-0.15, -0.1) is 0 Å². The molecule has 0 unspecified atom stereocenters. The Labute approximate surface area is 120 Å². The summed E-state index contributed by atoms with van der Waals surface area (Å²) in [7, 11) is 0. The number of hydrogen-bond acceptors (Lipinski definition) is 3. The molecule has 0 radical (unpaired) electrons. The van der Waals surface area contributed by atoms with Crippen LogP contribution >= 0.6 is 0 Å². The molecule has 20 heavy (non-hydrogen) atoms. The number of aliphatic hydroxyl groups is 1. The van der Waals surface area contributed by atoms with Crippen molar-refractivity contribution in [1.29, 1.82) is 0 Å². The Bertz CT molecular complexity index is 500. The van der Waals surface area contributed by atoms with Crippen LogP contribution in [0.5, 0.6) is 0 Å². The lowest BCUT2D eigenvalue weighted by atomic mass is 10.1. The highest BCUT2D eigenvalue weighted by Gasteiger charge is 2.03. The molecule has 0 spiro atoms. The molecule has 0 atom stereocenters. The predicted octanol–water partition coefficient (Wildman–Crippen LogP) is 2.09. The van der Waals surface area contributed by atoms with Crippen molar-refractivity contribution in [1.82, 2.24) is 0 Å². The average Bonchev–Trinajstić information content (AvgIpc) is 2.38. The number of aliphatic hydroxyl groups excluding tert-OH is 1. The maximum atomic E-state index is 11.7. The number of nitrogens with one attached hydrogen (secondary N) is 1. The van der Waals surface area contributed by atoms with E-state index in [9.17, 15) is 4.79 Å². The molecule has 0 aromatic heterocycles. The molecule has 1 aromatic carbocycles. The highest BCUT2D eigenvalue weighted by Crippen LogP contribution is 2.14. The number of amides is 1. The van der Waals surface area contributed by atoms with Crippen LogP contribution in [-0.2, 0) is 9.53 Å². The Balaban J connectivity index is 2.66. The summed E-state index contributed by atoms with van der Waals surface area (Å²) in [4.78, 5) is 11.7. The van der Waals surface area contributed by atoms with E-state index in [4.69, 9.17) is 9.84 Å². The molecule has 4 heteroatoms. The third-order valence-corrected chi connectivity index (χ3v) is 2.51. The van der Waals surface area contributed by atoms with Crippen LogP contribution in [0.2, 0.25) is 0 Å². The predicted molar refractivity (Wildman–Crippen MR) is 79.5 cm³/mol. The second-order valence-electron chi connectivity index (χ2n) is 4.36. The quantitative estimate of drug-likeness (QED) is 0.617. The van der Waals surface area contributed by atoms with Gasteiger partial charge in [0, 0.05) is 24.3 Å². The zero-order chi connectivity index (χ0) is 14.8. The maximum absolute atomic E-state index is 11.7. The second-order valence-corrected chi connectivity index (χ2v) is 4.36. The molecule has 1 aromatic rings. The fourth-order valence-electron chi connectivity index (χ4n) is 1.68. The summed E-state index contributed by atoms with van der Waals surface area (Å²) in [5.74, 6) is 5.76. The lowest BCUT2D eigenvalue weighted by Gasteiger charge is -2.07. The number of anilines is 1. The monoisotopic (exact) mass is 275 g/mol. The molecule has 108 valence electrons. The lowest BCUT2D eigenvalue weighted by Crippen LogP contribution is -2.14. The first-order valence-corrected chi connectivity index (χ1v) is 6.74. The van der Waals surface area contributed by atoms with Crippen molar-refractivity contribution < 1.29 is 14.6 Å². The van der Waals surface area contributed by atoms with Gasteiger partial charge in [-0.25, -0.2) is 0 Å². The van der Waals surface area contributed by atoms with Crippen molar-refractivity contribution in [2.45, 2.75) is 26.7 Å². The molecule has 2 N–H and O–H groups in total. The van der Waals surface area contributed by atoms with Gasteiger partial charge in [0.05, 0.1) is 19.6 Å². The molecule has 0 saturated heterocycles. The van der Waals surface area contributed by atoms with Crippen molar-refractivity contribution >= 4 is 11.6 Å². The highest BCUT2D eigenvalue weighted by atomic mass is 16.5. The van der Waals surface area contributed by atoms with E-state index in [2.05, 4.69) is 17.2 Å². The van der Waals surface area contributed by atoms with Gasteiger partial charge in [0.15, 0.2) is 0 Å².